The van der Waals surface area contributed by atoms with Gasteiger partial charge in [0.05, 0.1) is 5.70 Å². The number of rotatable bonds is 2. The summed E-state index contributed by atoms with van der Waals surface area (Å²) < 4.78 is 5.81. The van der Waals surface area contributed by atoms with Crippen LogP contribution < -0.4 is 10.9 Å². The molecule has 6 heteroatoms. The van der Waals surface area contributed by atoms with Gasteiger partial charge < -0.3 is 9.84 Å². The molecule has 0 fully saturated rings. The average Bonchev–Trinajstić information content (AvgIpc) is 2.74. The number of anilines is 1. The lowest BCUT2D eigenvalue weighted by molar-refractivity contribution is 0.0977. The monoisotopic (exact) mass is 284 g/mol. The molecule has 1 aliphatic carbocycles. The highest BCUT2D eigenvalue weighted by molar-refractivity contribution is 6.24. The number of fused-ring (bicyclic) bond motifs is 1. The van der Waals surface area contributed by atoms with E-state index in [1.54, 1.807) is 12.1 Å². The Kier molecular flexibility index (Phi) is 2.86. The number of aryl methyl sites for hydroxylation is 2. The van der Waals surface area contributed by atoms with Crippen LogP contribution in [0.25, 0.3) is 0 Å². The largest absolute Gasteiger partial charge is 0.369 e. The van der Waals surface area contributed by atoms with E-state index >= 15 is 0 Å². The Morgan fingerprint density at radius 1 is 1.10 bits per heavy atom. The zero-order chi connectivity index (χ0) is 15.1. The average molecular weight is 284 g/mol. The predicted octanol–water partition coefficient (Wildman–Crippen LogP) is 1.66. The van der Waals surface area contributed by atoms with Crippen LogP contribution in [0.3, 0.4) is 0 Å². The van der Waals surface area contributed by atoms with Crippen LogP contribution in [0, 0.1) is 6.92 Å². The summed E-state index contributed by atoms with van der Waals surface area (Å²) in [5, 5.41) is 2.87. The van der Waals surface area contributed by atoms with Crippen LogP contribution in [0.1, 0.15) is 26.4 Å². The molecule has 3 rings (SSSR count). The highest BCUT2D eigenvalue weighted by Crippen LogP contribution is 2.21. The van der Waals surface area contributed by atoms with Gasteiger partial charge in [-0.2, -0.15) is 0 Å². The molecule has 21 heavy (non-hydrogen) atoms. The van der Waals surface area contributed by atoms with E-state index in [0.29, 0.717) is 5.69 Å². The van der Waals surface area contributed by atoms with Gasteiger partial charge in [-0.3, -0.25) is 9.59 Å². The second-order valence-electron chi connectivity index (χ2n) is 4.84. The maximum Gasteiger partial charge on any atom is 0.369 e. The van der Waals surface area contributed by atoms with E-state index in [4.69, 9.17) is 4.52 Å². The van der Waals surface area contributed by atoms with E-state index in [1.165, 1.54) is 13.1 Å². The van der Waals surface area contributed by atoms with Crippen LogP contribution in [-0.4, -0.2) is 16.3 Å². The van der Waals surface area contributed by atoms with Crippen LogP contribution in [-0.2, 0) is 7.05 Å². The van der Waals surface area contributed by atoms with Gasteiger partial charge in [-0.1, -0.05) is 17.7 Å². The van der Waals surface area contributed by atoms with Gasteiger partial charge >= 0.3 is 5.63 Å². The molecule has 0 bridgehead atoms. The molecule has 1 aromatic heterocycles. The van der Waals surface area contributed by atoms with Crippen molar-refractivity contribution < 1.29 is 14.1 Å². The number of hydrogen-bond donors (Lipinski definition) is 1. The molecule has 0 spiro atoms. The number of nitrogens with one attached hydrogen (secondary N) is 1. The molecule has 0 amide bonds. The number of aromatic nitrogens is 1. The smallest absolute Gasteiger partial charge is 0.352 e. The molecule has 1 heterocycles. The van der Waals surface area contributed by atoms with Crippen molar-refractivity contribution in [3.05, 3.63) is 63.3 Å². The summed E-state index contributed by atoms with van der Waals surface area (Å²) in [6.45, 7) is 1.94. The number of carbonyl (C=O) groups is 2. The molecule has 0 radical (unpaired) electrons. The molecule has 0 saturated carbocycles. The molecule has 0 aliphatic heterocycles. The third kappa shape index (κ3) is 2.10. The van der Waals surface area contributed by atoms with Crippen molar-refractivity contribution in [2.45, 2.75) is 6.92 Å². The van der Waals surface area contributed by atoms with Gasteiger partial charge in [0.15, 0.2) is 0 Å². The zero-order valence-electron chi connectivity index (χ0n) is 11.5. The Morgan fingerprint density at radius 3 is 2.43 bits per heavy atom. The van der Waals surface area contributed by atoms with Crippen molar-refractivity contribution in [2.75, 3.05) is 5.32 Å². The Bertz CT molecular complexity index is 838. The number of benzene rings is 1. The maximum atomic E-state index is 12.3. The first-order valence-corrected chi connectivity index (χ1v) is 6.32. The number of nitrogens with zero attached hydrogens (tertiary/aromatic N) is 1. The summed E-state index contributed by atoms with van der Waals surface area (Å²) in [4.78, 5) is 36.0. The fourth-order valence-electron chi connectivity index (χ4n) is 2.23. The highest BCUT2D eigenvalue weighted by Gasteiger charge is 2.33. The lowest BCUT2D eigenvalue weighted by atomic mass is 9.99. The van der Waals surface area contributed by atoms with Gasteiger partial charge in [0.2, 0.25) is 11.6 Å². The van der Waals surface area contributed by atoms with E-state index in [2.05, 4.69) is 5.32 Å². The first-order valence-electron chi connectivity index (χ1n) is 6.32. The normalized spacial score (nSPS) is 13.9. The van der Waals surface area contributed by atoms with Crippen LogP contribution in [0.4, 0.5) is 5.69 Å². The van der Waals surface area contributed by atoms with Gasteiger partial charge in [-0.15, -0.1) is 0 Å². The first kappa shape index (κ1) is 13.1. The fraction of sp³-hybridized carbons (Fsp3) is 0.133. The fourth-order valence-corrected chi connectivity index (χ4v) is 2.23. The minimum Gasteiger partial charge on any atom is -0.352 e. The quantitative estimate of drug-likeness (QED) is 0.907. The third-order valence-corrected chi connectivity index (χ3v) is 3.29. The van der Waals surface area contributed by atoms with E-state index < -0.39 is 17.2 Å². The summed E-state index contributed by atoms with van der Waals surface area (Å²) in [6, 6.07) is 7.33. The summed E-state index contributed by atoms with van der Waals surface area (Å²) in [5.74, 6) is -0.980. The van der Waals surface area contributed by atoms with Crippen molar-refractivity contribution in [1.29, 1.82) is 0 Å². The Morgan fingerprint density at radius 2 is 1.76 bits per heavy atom. The number of carbonyl (C=O) groups excluding carboxylic acids is 2. The summed E-state index contributed by atoms with van der Waals surface area (Å²) in [7, 11) is 1.41. The number of hydrogen-bond acceptors (Lipinski definition) is 5. The van der Waals surface area contributed by atoms with E-state index in [0.717, 1.165) is 10.3 Å². The molecule has 2 aromatic rings. The van der Waals surface area contributed by atoms with Crippen LogP contribution in [0.15, 0.2) is 45.4 Å². The molecule has 0 saturated heterocycles. The van der Waals surface area contributed by atoms with E-state index in [-0.39, 0.29) is 17.0 Å². The standard InChI is InChI=1S/C15H12N2O4/c1-8-3-5-9(6-4-8)16-10-7-11(18)13-12(14(10)19)15(20)21-17(13)2/h3-7,16H,1-2H3. The second kappa shape index (κ2) is 4.59. The molecular weight excluding hydrogens is 272 g/mol. The molecule has 0 unspecified atom stereocenters. The van der Waals surface area contributed by atoms with E-state index in [1.807, 2.05) is 19.1 Å². The topological polar surface area (TPSA) is 81.3 Å². The zero-order valence-corrected chi connectivity index (χ0v) is 11.5. The summed E-state index contributed by atoms with van der Waals surface area (Å²) in [6.07, 6.45) is 1.18. The maximum absolute atomic E-state index is 12.3. The lowest BCUT2D eigenvalue weighted by Gasteiger charge is -2.13. The summed E-state index contributed by atoms with van der Waals surface area (Å²) in [5.41, 5.74) is 0.763. The van der Waals surface area contributed by atoms with Crippen molar-refractivity contribution in [3.8, 4) is 0 Å². The first-order chi connectivity index (χ1) is 9.97. The lowest BCUT2D eigenvalue weighted by Crippen LogP contribution is -2.25. The van der Waals surface area contributed by atoms with Crippen molar-refractivity contribution in [2.24, 2.45) is 7.05 Å². The Balaban J connectivity index is 2.00. The molecule has 0 atom stereocenters. The van der Waals surface area contributed by atoms with Gasteiger partial charge in [0, 0.05) is 18.8 Å². The van der Waals surface area contributed by atoms with Gasteiger partial charge in [-0.05, 0) is 19.1 Å². The van der Waals surface area contributed by atoms with Gasteiger partial charge in [0.25, 0.3) is 0 Å². The molecule has 6 nitrogen and oxygen atoms in total. The van der Waals surface area contributed by atoms with Gasteiger partial charge in [-0.25, -0.2) is 9.53 Å². The SMILES string of the molecule is Cc1ccc(NC2=CC(=O)c3c(c(=O)on3C)C2=O)cc1. The Hall–Kier alpha value is -2.89. The number of ketones is 2. The second-order valence-corrected chi connectivity index (χ2v) is 4.84. The molecular formula is C15H12N2O4. The molecule has 1 aliphatic rings. The van der Waals surface area contributed by atoms with Crippen molar-refractivity contribution in [1.82, 2.24) is 4.74 Å². The molecule has 1 N–H and O–H groups in total. The third-order valence-electron chi connectivity index (χ3n) is 3.29. The van der Waals surface area contributed by atoms with Crippen molar-refractivity contribution >= 4 is 17.3 Å². The molecule has 1 aromatic carbocycles. The highest BCUT2D eigenvalue weighted by atomic mass is 16.5. The minimum atomic E-state index is -0.804. The minimum absolute atomic E-state index is 0.0144. The number of Topliss-reactive ketones (excluding diaryl/α,β-unsaturated/α-hetero) is 1. The Labute approximate surface area is 119 Å². The summed E-state index contributed by atoms with van der Waals surface area (Å²) >= 11 is 0. The van der Waals surface area contributed by atoms with Crippen LogP contribution in [0.5, 0.6) is 0 Å². The van der Waals surface area contributed by atoms with Crippen LogP contribution >= 0.6 is 0 Å². The van der Waals surface area contributed by atoms with E-state index in [9.17, 15) is 14.4 Å². The predicted molar refractivity (Wildman–Crippen MR) is 75.5 cm³/mol. The molecule has 106 valence electrons. The van der Waals surface area contributed by atoms with Gasteiger partial charge in [0.1, 0.15) is 11.3 Å². The number of allylic oxidation sites excluding steroid dienone is 2. The van der Waals surface area contributed by atoms with Crippen LogP contribution in [0.2, 0.25) is 0 Å². The van der Waals surface area contributed by atoms with Crippen molar-refractivity contribution in [3.63, 3.8) is 0 Å².